The topological polar surface area (TPSA) is 25.2 Å². The molecule has 0 unspecified atom stereocenters. The van der Waals surface area contributed by atoms with E-state index in [1.165, 1.54) is 22.1 Å². The molecule has 2 heteroatoms. The lowest BCUT2D eigenvalue weighted by atomic mass is 10.0. The van der Waals surface area contributed by atoms with Gasteiger partial charge in [-0.3, -0.25) is 0 Å². The monoisotopic (exact) mass is 349 g/mol. The normalized spacial score (nSPS) is 11.3. The van der Waals surface area contributed by atoms with Crippen LogP contribution in [0.25, 0.3) is 38.5 Å². The van der Waals surface area contributed by atoms with Crippen molar-refractivity contribution in [3.8, 4) is 22.6 Å². The van der Waals surface area contributed by atoms with Crippen LogP contribution < -0.4 is 0 Å². The van der Waals surface area contributed by atoms with Crippen molar-refractivity contribution >= 4 is 21.7 Å². The van der Waals surface area contributed by atoms with Gasteiger partial charge in [0.1, 0.15) is 5.75 Å². The van der Waals surface area contributed by atoms with E-state index in [2.05, 4.69) is 72.3 Å². The fraction of sp³-hybridized carbons (Fsp3) is 0.0400. The lowest BCUT2D eigenvalue weighted by molar-refractivity contribution is 0.474. The van der Waals surface area contributed by atoms with Crippen LogP contribution in [0.4, 0.5) is 0 Å². The molecule has 0 aliphatic heterocycles. The van der Waals surface area contributed by atoms with Crippen molar-refractivity contribution in [1.29, 1.82) is 0 Å². The summed E-state index contributed by atoms with van der Waals surface area (Å²) >= 11 is 0. The second-order valence-corrected chi connectivity index (χ2v) is 6.95. The van der Waals surface area contributed by atoms with E-state index < -0.39 is 0 Å². The van der Waals surface area contributed by atoms with E-state index in [-0.39, 0.29) is 5.75 Å². The van der Waals surface area contributed by atoms with Crippen LogP contribution in [-0.4, -0.2) is 9.67 Å². The number of hydrogen-bond acceptors (Lipinski definition) is 1. The molecule has 27 heavy (non-hydrogen) atoms. The van der Waals surface area contributed by atoms with Gasteiger partial charge in [0.15, 0.2) is 0 Å². The Hall–Kier alpha value is -3.52. The summed E-state index contributed by atoms with van der Waals surface area (Å²) in [5.74, 6) is 0.283. The highest BCUT2D eigenvalue weighted by atomic mass is 16.3. The Morgan fingerprint density at radius 1 is 0.741 bits per heavy atom. The van der Waals surface area contributed by atoms with Gasteiger partial charge < -0.3 is 9.67 Å². The molecule has 0 spiro atoms. The Morgan fingerprint density at radius 2 is 1.52 bits per heavy atom. The van der Waals surface area contributed by atoms with Gasteiger partial charge in [-0.1, -0.05) is 72.3 Å². The quantitative estimate of drug-likeness (QED) is 0.388. The van der Waals surface area contributed by atoms with Gasteiger partial charge in [-0.05, 0) is 36.1 Å². The van der Waals surface area contributed by atoms with Crippen LogP contribution in [0.3, 0.4) is 0 Å². The summed E-state index contributed by atoms with van der Waals surface area (Å²) in [7, 11) is 0. The van der Waals surface area contributed by atoms with E-state index in [9.17, 15) is 5.11 Å². The molecule has 5 aromatic rings. The fourth-order valence-corrected chi connectivity index (χ4v) is 3.87. The maximum Gasteiger partial charge on any atom is 0.140 e. The highest BCUT2D eigenvalue weighted by Gasteiger charge is 2.16. The first-order valence-electron chi connectivity index (χ1n) is 9.10. The molecule has 1 heterocycles. The van der Waals surface area contributed by atoms with Crippen LogP contribution in [0, 0.1) is 6.92 Å². The minimum absolute atomic E-state index is 0.283. The van der Waals surface area contributed by atoms with Crippen molar-refractivity contribution in [2.24, 2.45) is 0 Å². The van der Waals surface area contributed by atoms with E-state index in [1.807, 2.05) is 24.3 Å². The molecule has 0 atom stereocenters. The Balaban J connectivity index is 1.90. The summed E-state index contributed by atoms with van der Waals surface area (Å²) in [5, 5.41) is 14.1. The highest BCUT2D eigenvalue weighted by molar-refractivity contribution is 6.01. The Morgan fingerprint density at radius 3 is 2.37 bits per heavy atom. The first-order valence-corrected chi connectivity index (χ1v) is 9.10. The smallest absolute Gasteiger partial charge is 0.140 e. The number of rotatable bonds is 2. The molecule has 1 N–H and O–H groups in total. The number of benzene rings is 4. The summed E-state index contributed by atoms with van der Waals surface area (Å²) in [4.78, 5) is 0. The molecule has 5 rings (SSSR count). The Kier molecular flexibility index (Phi) is 3.51. The second-order valence-electron chi connectivity index (χ2n) is 6.95. The molecule has 0 aliphatic carbocycles. The third kappa shape index (κ3) is 2.49. The van der Waals surface area contributed by atoms with Crippen LogP contribution in [-0.2, 0) is 0 Å². The maximum absolute atomic E-state index is 10.7. The Bertz CT molecular complexity index is 1280. The van der Waals surface area contributed by atoms with Crippen molar-refractivity contribution in [2.75, 3.05) is 0 Å². The molecule has 1 aromatic heterocycles. The van der Waals surface area contributed by atoms with Crippen molar-refractivity contribution in [3.63, 3.8) is 0 Å². The molecule has 130 valence electrons. The maximum atomic E-state index is 10.7. The fourth-order valence-electron chi connectivity index (χ4n) is 3.87. The first kappa shape index (κ1) is 15.7. The van der Waals surface area contributed by atoms with Gasteiger partial charge in [0.2, 0.25) is 0 Å². The molecule has 0 radical (unpaired) electrons. The van der Waals surface area contributed by atoms with E-state index in [4.69, 9.17) is 0 Å². The second kappa shape index (κ2) is 6.03. The zero-order valence-electron chi connectivity index (χ0n) is 15.1. The van der Waals surface area contributed by atoms with Crippen LogP contribution in [0.5, 0.6) is 5.75 Å². The molecule has 4 aromatic carbocycles. The first-order chi connectivity index (χ1) is 13.2. The number of nitrogens with zero attached hydrogens (tertiary/aromatic N) is 1. The number of aromatic hydroxyl groups is 1. The molecular formula is C25H19NO. The predicted molar refractivity (Wildman–Crippen MR) is 113 cm³/mol. The van der Waals surface area contributed by atoms with E-state index >= 15 is 0 Å². The summed E-state index contributed by atoms with van der Waals surface area (Å²) in [6.45, 7) is 2.11. The van der Waals surface area contributed by atoms with Crippen molar-refractivity contribution in [2.45, 2.75) is 6.92 Å². The van der Waals surface area contributed by atoms with Gasteiger partial charge in [0, 0.05) is 22.5 Å². The largest absolute Gasteiger partial charge is 0.506 e. The lowest BCUT2D eigenvalue weighted by Crippen LogP contribution is -1.94. The van der Waals surface area contributed by atoms with Crippen molar-refractivity contribution < 1.29 is 5.11 Å². The average molecular weight is 349 g/mol. The average Bonchev–Trinajstić information content (AvgIpc) is 3.07. The van der Waals surface area contributed by atoms with E-state index in [0.29, 0.717) is 0 Å². The number of fused-ring (bicyclic) bond motifs is 2. The molecule has 0 fully saturated rings. The van der Waals surface area contributed by atoms with Gasteiger partial charge in [-0.15, -0.1) is 0 Å². The third-order valence-electron chi connectivity index (χ3n) is 5.16. The van der Waals surface area contributed by atoms with Crippen LogP contribution >= 0.6 is 0 Å². The zero-order chi connectivity index (χ0) is 18.4. The summed E-state index contributed by atoms with van der Waals surface area (Å²) in [6, 6.07) is 28.8. The van der Waals surface area contributed by atoms with Crippen LogP contribution in [0.15, 0.2) is 91.1 Å². The predicted octanol–water partition coefficient (Wildman–Crippen LogP) is 6.46. The van der Waals surface area contributed by atoms with E-state index in [0.717, 1.165) is 22.0 Å². The summed E-state index contributed by atoms with van der Waals surface area (Å²) in [5.41, 5.74) is 5.48. The van der Waals surface area contributed by atoms with Crippen LogP contribution in [0.1, 0.15) is 5.56 Å². The zero-order valence-corrected chi connectivity index (χ0v) is 15.1. The molecule has 0 aliphatic rings. The van der Waals surface area contributed by atoms with E-state index in [1.54, 1.807) is 6.07 Å². The third-order valence-corrected chi connectivity index (χ3v) is 5.16. The lowest BCUT2D eigenvalue weighted by Gasteiger charge is -2.12. The number of phenolic OH excluding ortho intramolecular Hbond substituents is 1. The summed E-state index contributed by atoms with van der Waals surface area (Å²) < 4.78 is 2.12. The van der Waals surface area contributed by atoms with Crippen molar-refractivity contribution in [3.05, 3.63) is 96.7 Å². The van der Waals surface area contributed by atoms with Gasteiger partial charge in [0.25, 0.3) is 0 Å². The SMILES string of the molecule is Cc1ccc2c(c1)c(-c1ccccc1)cn2-c1c(O)ccc2ccccc12. The molecule has 0 amide bonds. The molecular weight excluding hydrogens is 330 g/mol. The number of aryl methyl sites for hydroxylation is 1. The summed E-state index contributed by atoms with van der Waals surface area (Å²) in [6.07, 6.45) is 2.14. The Labute approximate surface area is 157 Å². The van der Waals surface area contributed by atoms with Gasteiger partial charge in [-0.2, -0.15) is 0 Å². The van der Waals surface area contributed by atoms with Gasteiger partial charge in [-0.25, -0.2) is 0 Å². The van der Waals surface area contributed by atoms with Gasteiger partial charge >= 0.3 is 0 Å². The molecule has 2 nitrogen and oxygen atoms in total. The van der Waals surface area contributed by atoms with Crippen LogP contribution in [0.2, 0.25) is 0 Å². The molecule has 0 saturated carbocycles. The molecule has 0 saturated heterocycles. The standard InChI is InChI=1S/C25H19NO/c1-17-11-13-23-21(15-17)22(18-7-3-2-4-8-18)16-26(23)25-20-10-6-5-9-19(20)12-14-24(25)27/h2-16,27H,1H3. The van der Waals surface area contributed by atoms with Gasteiger partial charge in [0.05, 0.1) is 11.2 Å². The number of hydrogen-bond donors (Lipinski definition) is 1. The number of aromatic nitrogens is 1. The molecule has 0 bridgehead atoms. The van der Waals surface area contributed by atoms with Crippen molar-refractivity contribution in [1.82, 2.24) is 4.57 Å². The minimum Gasteiger partial charge on any atom is -0.506 e. The minimum atomic E-state index is 0.283. The highest BCUT2D eigenvalue weighted by Crippen LogP contribution is 2.38. The number of phenols is 1.